The summed E-state index contributed by atoms with van der Waals surface area (Å²) in [6.07, 6.45) is 4.55. The molecule has 1 aliphatic carbocycles. The van der Waals surface area contributed by atoms with Crippen LogP contribution in [0, 0.1) is 13.8 Å². The van der Waals surface area contributed by atoms with E-state index in [0.717, 1.165) is 4.47 Å². The van der Waals surface area contributed by atoms with Gasteiger partial charge in [0.1, 0.15) is 0 Å². The fourth-order valence-electron chi connectivity index (χ4n) is 2.91. The molecule has 0 N–H and O–H groups in total. The van der Waals surface area contributed by atoms with Crippen LogP contribution in [0.3, 0.4) is 0 Å². The molecule has 2 aromatic rings. The molecule has 1 aliphatic rings. The Hall–Kier alpha value is -1.34. The van der Waals surface area contributed by atoms with Crippen molar-refractivity contribution >= 4 is 22.0 Å². The molecule has 18 heavy (non-hydrogen) atoms. The molecular weight excluding hydrogens is 284 g/mol. The molecule has 2 aromatic carbocycles. The molecule has 0 nitrogen and oxygen atoms in total. The molecule has 0 aliphatic heterocycles. The molecule has 0 bridgehead atoms. The third-order valence-corrected chi connectivity index (χ3v) is 4.13. The first-order chi connectivity index (χ1) is 8.66. The van der Waals surface area contributed by atoms with Crippen molar-refractivity contribution in [1.82, 2.24) is 0 Å². The Balaban J connectivity index is 2.16. The summed E-state index contributed by atoms with van der Waals surface area (Å²) in [4.78, 5) is 0. The van der Waals surface area contributed by atoms with Crippen molar-refractivity contribution in [2.75, 3.05) is 0 Å². The number of fused-ring (bicyclic) bond motifs is 1. The minimum Gasteiger partial charge on any atom is -0.0720 e. The van der Waals surface area contributed by atoms with Crippen molar-refractivity contribution in [2.45, 2.75) is 19.8 Å². The summed E-state index contributed by atoms with van der Waals surface area (Å²) in [7, 11) is 0. The second-order valence-electron chi connectivity index (χ2n) is 4.92. The summed E-state index contributed by atoms with van der Waals surface area (Å²) >= 11 is 3.57. The first kappa shape index (κ1) is 11.7. The fourth-order valence-corrected chi connectivity index (χ4v) is 3.60. The molecule has 0 saturated heterocycles. The lowest BCUT2D eigenvalue weighted by atomic mass is 9.87. The van der Waals surface area contributed by atoms with Gasteiger partial charge in [-0.15, -0.1) is 0 Å². The monoisotopic (exact) mass is 298 g/mol. The average Bonchev–Trinajstić information content (AvgIpc) is 2.72. The van der Waals surface area contributed by atoms with Gasteiger partial charge in [-0.05, 0) is 53.8 Å². The van der Waals surface area contributed by atoms with Gasteiger partial charge in [0, 0.05) is 10.4 Å². The molecule has 0 amide bonds. The van der Waals surface area contributed by atoms with Gasteiger partial charge >= 0.3 is 0 Å². The molecule has 0 fully saturated rings. The van der Waals surface area contributed by atoms with Gasteiger partial charge in [-0.3, -0.25) is 0 Å². The van der Waals surface area contributed by atoms with E-state index in [1.54, 1.807) is 0 Å². The number of allylic oxidation sites excluding steroid dienone is 1. The molecule has 0 aromatic heterocycles. The highest BCUT2D eigenvalue weighted by atomic mass is 79.9. The maximum atomic E-state index is 3.57. The van der Waals surface area contributed by atoms with Gasteiger partial charge in [-0.2, -0.15) is 0 Å². The first-order valence-electron chi connectivity index (χ1n) is 6.20. The molecule has 3 rings (SSSR count). The van der Waals surface area contributed by atoms with E-state index in [2.05, 4.69) is 78.3 Å². The third kappa shape index (κ3) is 1.83. The average molecular weight is 299 g/mol. The predicted molar refractivity (Wildman–Crippen MR) is 80.9 cm³/mol. The summed E-state index contributed by atoms with van der Waals surface area (Å²) in [5.41, 5.74) is 6.93. The highest BCUT2D eigenvalue weighted by Gasteiger charge is 2.21. The van der Waals surface area contributed by atoms with Crippen molar-refractivity contribution in [3.8, 4) is 0 Å². The molecular formula is C17H15Br. The second kappa shape index (κ2) is 4.40. The summed E-state index contributed by atoms with van der Waals surface area (Å²) < 4.78 is 1.16. The Morgan fingerprint density at radius 1 is 1.00 bits per heavy atom. The molecule has 1 unspecified atom stereocenters. The summed E-state index contributed by atoms with van der Waals surface area (Å²) in [5, 5.41) is 0. The highest BCUT2D eigenvalue weighted by molar-refractivity contribution is 9.10. The number of hydrogen-bond donors (Lipinski definition) is 0. The van der Waals surface area contributed by atoms with E-state index in [1.165, 1.54) is 27.8 Å². The van der Waals surface area contributed by atoms with Crippen LogP contribution in [0.4, 0.5) is 0 Å². The zero-order valence-electron chi connectivity index (χ0n) is 10.6. The lowest BCUT2D eigenvalue weighted by molar-refractivity contribution is 1.01. The summed E-state index contributed by atoms with van der Waals surface area (Å²) in [6, 6.07) is 13.1. The predicted octanol–water partition coefficient (Wildman–Crippen LogP) is 5.22. The zero-order valence-corrected chi connectivity index (χ0v) is 12.2. The fraction of sp³-hybridized carbons (Fsp3) is 0.176. The van der Waals surface area contributed by atoms with Crippen molar-refractivity contribution in [1.29, 1.82) is 0 Å². The van der Waals surface area contributed by atoms with Gasteiger partial charge in [0.15, 0.2) is 0 Å². The van der Waals surface area contributed by atoms with Crippen LogP contribution >= 0.6 is 15.9 Å². The van der Waals surface area contributed by atoms with Crippen LogP contribution in [0.2, 0.25) is 0 Å². The highest BCUT2D eigenvalue weighted by Crippen LogP contribution is 2.38. The van der Waals surface area contributed by atoms with Crippen molar-refractivity contribution in [3.63, 3.8) is 0 Å². The van der Waals surface area contributed by atoms with E-state index < -0.39 is 0 Å². The molecule has 0 spiro atoms. The van der Waals surface area contributed by atoms with E-state index in [-0.39, 0.29) is 0 Å². The molecule has 0 radical (unpaired) electrons. The Bertz CT molecular complexity index is 615. The molecule has 0 saturated carbocycles. The molecule has 1 heteroatoms. The van der Waals surface area contributed by atoms with Gasteiger partial charge in [0.2, 0.25) is 0 Å². The second-order valence-corrected chi connectivity index (χ2v) is 5.83. The largest absolute Gasteiger partial charge is 0.0720 e. The number of halogens is 1. The first-order valence-corrected chi connectivity index (χ1v) is 7.00. The van der Waals surface area contributed by atoms with E-state index in [9.17, 15) is 0 Å². The van der Waals surface area contributed by atoms with Crippen LogP contribution in [0.25, 0.3) is 6.08 Å². The summed E-state index contributed by atoms with van der Waals surface area (Å²) in [6.45, 7) is 4.39. The lowest BCUT2D eigenvalue weighted by Gasteiger charge is -2.17. The van der Waals surface area contributed by atoms with E-state index in [4.69, 9.17) is 0 Å². The Morgan fingerprint density at radius 3 is 2.39 bits per heavy atom. The Kier molecular flexibility index (Phi) is 2.87. The molecule has 1 atom stereocenters. The number of aryl methyl sites for hydroxylation is 2. The van der Waals surface area contributed by atoms with Crippen LogP contribution in [0.15, 0.2) is 46.9 Å². The molecule has 90 valence electrons. The third-order valence-electron chi connectivity index (χ3n) is 3.67. The van der Waals surface area contributed by atoms with Crippen LogP contribution in [-0.4, -0.2) is 0 Å². The maximum absolute atomic E-state index is 3.57. The van der Waals surface area contributed by atoms with Gasteiger partial charge in [-0.25, -0.2) is 0 Å². The number of rotatable bonds is 1. The lowest BCUT2D eigenvalue weighted by Crippen LogP contribution is -2.01. The van der Waals surface area contributed by atoms with E-state index >= 15 is 0 Å². The van der Waals surface area contributed by atoms with Crippen LogP contribution in [0.1, 0.15) is 33.7 Å². The Labute approximate surface area is 116 Å². The van der Waals surface area contributed by atoms with Crippen molar-refractivity contribution in [2.24, 2.45) is 0 Å². The van der Waals surface area contributed by atoms with E-state index in [0.29, 0.717) is 5.92 Å². The molecule has 0 heterocycles. The standard InChI is InChI=1S/C17H15Br/c1-11-9-14(18)10-12(2)17(11)16-8-7-13-5-3-4-6-15(13)16/h3-10,16H,1-2H3. The summed E-state index contributed by atoms with van der Waals surface area (Å²) in [5.74, 6) is 0.411. The quantitative estimate of drug-likeness (QED) is 0.677. The van der Waals surface area contributed by atoms with Gasteiger partial charge < -0.3 is 0 Å². The SMILES string of the molecule is Cc1cc(Br)cc(C)c1C1C=Cc2ccccc21. The van der Waals surface area contributed by atoms with Gasteiger partial charge in [-0.1, -0.05) is 52.3 Å². The van der Waals surface area contributed by atoms with Crippen LogP contribution in [0.5, 0.6) is 0 Å². The maximum Gasteiger partial charge on any atom is 0.0284 e. The minimum absolute atomic E-state index is 0.411. The van der Waals surface area contributed by atoms with Crippen LogP contribution in [-0.2, 0) is 0 Å². The number of hydrogen-bond acceptors (Lipinski definition) is 0. The smallest absolute Gasteiger partial charge is 0.0284 e. The van der Waals surface area contributed by atoms with E-state index in [1.807, 2.05) is 0 Å². The normalized spacial score (nSPS) is 16.9. The number of benzene rings is 2. The van der Waals surface area contributed by atoms with Gasteiger partial charge in [0.05, 0.1) is 0 Å². The zero-order chi connectivity index (χ0) is 12.7. The van der Waals surface area contributed by atoms with Gasteiger partial charge in [0.25, 0.3) is 0 Å². The van der Waals surface area contributed by atoms with Crippen molar-refractivity contribution in [3.05, 3.63) is 74.8 Å². The van der Waals surface area contributed by atoms with Crippen molar-refractivity contribution < 1.29 is 0 Å². The Morgan fingerprint density at radius 2 is 1.67 bits per heavy atom. The van der Waals surface area contributed by atoms with Crippen LogP contribution < -0.4 is 0 Å². The minimum atomic E-state index is 0.411. The topological polar surface area (TPSA) is 0 Å².